The summed E-state index contributed by atoms with van der Waals surface area (Å²) in [6, 6.07) is 7.15. The van der Waals surface area contributed by atoms with Gasteiger partial charge in [-0.2, -0.15) is 5.26 Å². The lowest BCUT2D eigenvalue weighted by Gasteiger charge is -2.32. The lowest BCUT2D eigenvalue weighted by molar-refractivity contribution is 0.185. The van der Waals surface area contributed by atoms with Crippen LogP contribution in [0.3, 0.4) is 0 Å². The van der Waals surface area contributed by atoms with Gasteiger partial charge in [0.25, 0.3) is 0 Å². The van der Waals surface area contributed by atoms with Crippen LogP contribution in [0.25, 0.3) is 0 Å². The summed E-state index contributed by atoms with van der Waals surface area (Å²) in [5.41, 5.74) is 1.30. The molecule has 3 rings (SSSR count). The Kier molecular flexibility index (Phi) is 3.86. The Labute approximate surface area is 118 Å². The Morgan fingerprint density at radius 3 is 2.80 bits per heavy atom. The van der Waals surface area contributed by atoms with E-state index >= 15 is 0 Å². The van der Waals surface area contributed by atoms with Crippen molar-refractivity contribution >= 4 is 5.69 Å². The fourth-order valence-corrected chi connectivity index (χ4v) is 3.18. The summed E-state index contributed by atoms with van der Waals surface area (Å²) in [5.74, 6) is -0.344. The minimum atomic E-state index is -0.344. The number of hydrogen-bond donors (Lipinski definition) is 1. The minimum absolute atomic E-state index is 0.344. The molecule has 0 aromatic heterocycles. The highest BCUT2D eigenvalue weighted by molar-refractivity contribution is 5.60. The molecule has 2 fully saturated rings. The van der Waals surface area contributed by atoms with Crippen LogP contribution in [-0.4, -0.2) is 50.2 Å². The summed E-state index contributed by atoms with van der Waals surface area (Å²) in [6.45, 7) is 6.16. The van der Waals surface area contributed by atoms with Crippen molar-refractivity contribution in [2.45, 2.75) is 12.5 Å². The number of halogens is 1. The zero-order valence-electron chi connectivity index (χ0n) is 11.5. The van der Waals surface area contributed by atoms with Crippen molar-refractivity contribution < 1.29 is 4.39 Å². The normalized spacial score (nSPS) is 23.8. The van der Waals surface area contributed by atoms with Gasteiger partial charge in [0.1, 0.15) is 11.9 Å². The molecule has 1 N–H and O–H groups in total. The Hall–Kier alpha value is -1.64. The molecule has 2 aliphatic rings. The van der Waals surface area contributed by atoms with Gasteiger partial charge in [-0.1, -0.05) is 0 Å². The quantitative estimate of drug-likeness (QED) is 0.879. The molecule has 1 atom stereocenters. The monoisotopic (exact) mass is 274 g/mol. The molecule has 4 nitrogen and oxygen atoms in total. The molecule has 0 aliphatic carbocycles. The van der Waals surface area contributed by atoms with E-state index in [1.807, 2.05) is 0 Å². The van der Waals surface area contributed by atoms with Gasteiger partial charge >= 0.3 is 0 Å². The maximum atomic E-state index is 13.2. The molecule has 0 radical (unpaired) electrons. The van der Waals surface area contributed by atoms with E-state index in [9.17, 15) is 4.39 Å². The number of piperazine rings is 1. The van der Waals surface area contributed by atoms with E-state index in [-0.39, 0.29) is 5.82 Å². The predicted molar refractivity (Wildman–Crippen MR) is 76.2 cm³/mol. The number of rotatable bonds is 2. The third-order valence-corrected chi connectivity index (χ3v) is 4.25. The van der Waals surface area contributed by atoms with Crippen molar-refractivity contribution in [3.63, 3.8) is 0 Å². The number of hydrogen-bond acceptors (Lipinski definition) is 4. The second-order valence-corrected chi connectivity index (χ2v) is 5.45. The maximum absolute atomic E-state index is 13.2. The molecule has 1 unspecified atom stereocenters. The molecule has 1 aromatic carbocycles. The molecule has 0 saturated carbocycles. The molecule has 0 bridgehead atoms. The highest BCUT2D eigenvalue weighted by Gasteiger charge is 2.29. The summed E-state index contributed by atoms with van der Waals surface area (Å²) in [7, 11) is 0. The summed E-state index contributed by atoms with van der Waals surface area (Å²) < 4.78 is 13.2. The van der Waals surface area contributed by atoms with Crippen molar-refractivity contribution in [1.82, 2.24) is 10.2 Å². The number of nitriles is 1. The molecular weight excluding hydrogens is 255 g/mol. The number of nitrogens with one attached hydrogen (secondary N) is 1. The molecule has 2 saturated heterocycles. The van der Waals surface area contributed by atoms with Gasteiger partial charge in [0, 0.05) is 45.3 Å². The van der Waals surface area contributed by atoms with Crippen LogP contribution < -0.4 is 10.2 Å². The van der Waals surface area contributed by atoms with Gasteiger partial charge in [0.15, 0.2) is 0 Å². The first-order chi connectivity index (χ1) is 9.78. The van der Waals surface area contributed by atoms with Crippen molar-refractivity contribution in [3.05, 3.63) is 29.6 Å². The van der Waals surface area contributed by atoms with Gasteiger partial charge in [-0.15, -0.1) is 0 Å². The van der Waals surface area contributed by atoms with Crippen LogP contribution in [-0.2, 0) is 0 Å². The first-order valence-electron chi connectivity index (χ1n) is 7.17. The molecule has 0 amide bonds. The maximum Gasteiger partial charge on any atom is 0.124 e. The largest absolute Gasteiger partial charge is 0.369 e. The zero-order chi connectivity index (χ0) is 13.9. The lowest BCUT2D eigenvalue weighted by atomic mass is 10.1. The summed E-state index contributed by atoms with van der Waals surface area (Å²) in [6.07, 6.45) is 1.11. The van der Waals surface area contributed by atoms with Gasteiger partial charge in [-0.05, 0) is 24.6 Å². The fourth-order valence-electron chi connectivity index (χ4n) is 3.18. The topological polar surface area (TPSA) is 42.3 Å². The Bertz CT molecular complexity index is 519. The third kappa shape index (κ3) is 2.62. The van der Waals surface area contributed by atoms with Crippen LogP contribution in [0, 0.1) is 17.1 Å². The predicted octanol–water partition coefficient (Wildman–Crippen LogP) is 1.18. The lowest BCUT2D eigenvalue weighted by Crippen LogP contribution is -2.49. The van der Waals surface area contributed by atoms with E-state index in [0.29, 0.717) is 11.6 Å². The smallest absolute Gasteiger partial charge is 0.124 e. The zero-order valence-corrected chi connectivity index (χ0v) is 11.5. The third-order valence-electron chi connectivity index (χ3n) is 4.25. The highest BCUT2D eigenvalue weighted by atomic mass is 19.1. The van der Waals surface area contributed by atoms with Crippen molar-refractivity contribution in [2.24, 2.45) is 0 Å². The van der Waals surface area contributed by atoms with Gasteiger partial charge in [0.05, 0.1) is 11.3 Å². The van der Waals surface area contributed by atoms with Gasteiger partial charge in [-0.25, -0.2) is 4.39 Å². The van der Waals surface area contributed by atoms with Gasteiger partial charge in [0.2, 0.25) is 0 Å². The number of nitrogens with zero attached hydrogens (tertiary/aromatic N) is 3. The number of anilines is 1. The van der Waals surface area contributed by atoms with Gasteiger partial charge < -0.3 is 10.2 Å². The average Bonchev–Trinajstić information content (AvgIpc) is 2.97. The first-order valence-corrected chi connectivity index (χ1v) is 7.17. The summed E-state index contributed by atoms with van der Waals surface area (Å²) in [5, 5.41) is 12.5. The summed E-state index contributed by atoms with van der Waals surface area (Å²) >= 11 is 0. The van der Waals surface area contributed by atoms with Crippen LogP contribution in [0.5, 0.6) is 0 Å². The molecule has 106 valence electrons. The van der Waals surface area contributed by atoms with Crippen LogP contribution in [0.1, 0.15) is 12.0 Å². The molecular formula is C15H19FN4. The van der Waals surface area contributed by atoms with Crippen molar-refractivity contribution in [2.75, 3.05) is 44.2 Å². The van der Waals surface area contributed by atoms with E-state index in [1.165, 1.54) is 12.1 Å². The van der Waals surface area contributed by atoms with E-state index in [4.69, 9.17) is 5.26 Å². The molecule has 20 heavy (non-hydrogen) atoms. The highest BCUT2D eigenvalue weighted by Crippen LogP contribution is 2.26. The van der Waals surface area contributed by atoms with E-state index in [1.54, 1.807) is 6.07 Å². The van der Waals surface area contributed by atoms with Crippen molar-refractivity contribution in [1.29, 1.82) is 5.26 Å². The first kappa shape index (κ1) is 13.3. The molecule has 2 aliphatic heterocycles. The molecule has 1 aromatic rings. The van der Waals surface area contributed by atoms with Crippen LogP contribution in [0.2, 0.25) is 0 Å². The van der Waals surface area contributed by atoms with E-state index < -0.39 is 0 Å². The fraction of sp³-hybridized carbons (Fsp3) is 0.533. The molecule has 2 heterocycles. The van der Waals surface area contributed by atoms with Crippen molar-refractivity contribution in [3.8, 4) is 6.07 Å². The van der Waals surface area contributed by atoms with Gasteiger partial charge in [-0.3, -0.25) is 4.90 Å². The van der Waals surface area contributed by atoms with Crippen LogP contribution >= 0.6 is 0 Å². The Balaban J connectivity index is 1.72. The molecule has 5 heteroatoms. The Morgan fingerprint density at radius 2 is 2.05 bits per heavy atom. The van der Waals surface area contributed by atoms with Crippen LogP contribution in [0.4, 0.5) is 10.1 Å². The number of benzene rings is 1. The second-order valence-electron chi connectivity index (χ2n) is 5.45. The summed E-state index contributed by atoms with van der Waals surface area (Å²) in [4.78, 5) is 4.73. The standard InChI is InChI=1S/C15H19FN4/c16-13-1-2-15(12(9-13)10-17)20-6-3-14(11-20)19-7-4-18-5-8-19/h1-2,9,14,18H,3-8,11H2. The SMILES string of the molecule is N#Cc1cc(F)ccc1N1CCC(N2CCNCC2)C1. The minimum Gasteiger partial charge on any atom is -0.369 e. The Morgan fingerprint density at radius 1 is 1.25 bits per heavy atom. The average molecular weight is 274 g/mol. The molecule has 0 spiro atoms. The van der Waals surface area contributed by atoms with Crippen LogP contribution in [0.15, 0.2) is 18.2 Å². The van der Waals surface area contributed by atoms with E-state index in [2.05, 4.69) is 21.2 Å². The second kappa shape index (κ2) is 5.78. The van der Waals surface area contributed by atoms with E-state index in [0.717, 1.165) is 51.4 Å².